The normalized spacial score (nSPS) is 15.9. The van der Waals surface area contributed by atoms with Gasteiger partial charge in [0.25, 0.3) is 0 Å². The molecule has 0 atom stereocenters. The topological polar surface area (TPSA) is 83.3 Å². The van der Waals surface area contributed by atoms with Gasteiger partial charge in [0.05, 0.1) is 29.1 Å². The second kappa shape index (κ2) is 6.59. The molecule has 2 heterocycles. The number of alkyl halides is 3. The van der Waals surface area contributed by atoms with E-state index in [4.69, 9.17) is 10.00 Å². The van der Waals surface area contributed by atoms with Crippen LogP contribution in [0.5, 0.6) is 5.88 Å². The molecule has 3 rings (SSSR count). The van der Waals surface area contributed by atoms with Crippen LogP contribution < -0.4 is 4.74 Å². The fraction of sp³-hybridized carbons (Fsp3) is 0.250. The zero-order valence-electron chi connectivity index (χ0n) is 13.1. The summed E-state index contributed by atoms with van der Waals surface area (Å²) in [5.41, 5.74) is -0.536. The van der Waals surface area contributed by atoms with Crippen LogP contribution in [-0.2, 0) is 16.2 Å². The molecule has 0 amide bonds. The summed E-state index contributed by atoms with van der Waals surface area (Å²) in [5.74, 6) is 0.264. The van der Waals surface area contributed by atoms with Crippen molar-refractivity contribution in [2.24, 2.45) is 0 Å². The van der Waals surface area contributed by atoms with Gasteiger partial charge < -0.3 is 4.74 Å². The van der Waals surface area contributed by atoms with Crippen LogP contribution in [0.15, 0.2) is 47.5 Å². The van der Waals surface area contributed by atoms with E-state index in [9.17, 15) is 21.6 Å². The number of hydrogen-bond donors (Lipinski definition) is 0. The lowest BCUT2D eigenvalue weighted by Gasteiger charge is -2.37. The maximum absolute atomic E-state index is 12.6. The molecule has 1 saturated heterocycles. The third-order valence-electron chi connectivity index (χ3n) is 3.79. The Balaban J connectivity index is 1.63. The van der Waals surface area contributed by atoms with E-state index in [1.165, 1.54) is 18.3 Å². The molecule has 10 heteroatoms. The lowest BCUT2D eigenvalue weighted by Crippen LogP contribution is -2.56. The van der Waals surface area contributed by atoms with Gasteiger partial charge in [-0.05, 0) is 30.3 Å². The molecule has 2 aromatic rings. The van der Waals surface area contributed by atoms with Crippen LogP contribution in [0.1, 0.15) is 11.1 Å². The number of hydrogen-bond acceptors (Lipinski definition) is 5. The van der Waals surface area contributed by atoms with Crippen LogP contribution in [-0.4, -0.2) is 36.9 Å². The van der Waals surface area contributed by atoms with Gasteiger partial charge in [-0.2, -0.15) is 22.7 Å². The van der Waals surface area contributed by atoms with Gasteiger partial charge in [-0.1, -0.05) is 0 Å². The highest BCUT2D eigenvalue weighted by Crippen LogP contribution is 2.31. The monoisotopic (exact) mass is 383 g/mol. The quantitative estimate of drug-likeness (QED) is 0.810. The first kappa shape index (κ1) is 18.2. The van der Waals surface area contributed by atoms with Gasteiger partial charge in [-0.25, -0.2) is 13.4 Å². The van der Waals surface area contributed by atoms with Crippen molar-refractivity contribution in [1.29, 1.82) is 5.26 Å². The number of rotatable bonds is 4. The van der Waals surface area contributed by atoms with Crippen molar-refractivity contribution in [1.82, 2.24) is 9.29 Å². The van der Waals surface area contributed by atoms with E-state index in [0.717, 1.165) is 28.6 Å². The van der Waals surface area contributed by atoms with Crippen molar-refractivity contribution in [3.63, 3.8) is 0 Å². The van der Waals surface area contributed by atoms with Crippen molar-refractivity contribution in [2.45, 2.75) is 17.2 Å². The molecule has 0 N–H and O–H groups in total. The second-order valence-corrected chi connectivity index (χ2v) is 7.52. The molecule has 0 spiro atoms. The zero-order chi connectivity index (χ0) is 18.9. The molecule has 1 fully saturated rings. The first-order valence-corrected chi connectivity index (χ1v) is 8.84. The average Bonchev–Trinajstić information content (AvgIpc) is 2.57. The highest BCUT2D eigenvalue weighted by atomic mass is 32.2. The predicted molar refractivity (Wildman–Crippen MR) is 83.6 cm³/mol. The SMILES string of the molecule is N#Cc1ccc(OC2CN(S(=O)(=O)c3ccc(C(F)(F)F)cc3)C2)nc1. The van der Waals surface area contributed by atoms with Crippen LogP contribution >= 0.6 is 0 Å². The van der Waals surface area contributed by atoms with Crippen molar-refractivity contribution in [3.05, 3.63) is 53.7 Å². The average molecular weight is 383 g/mol. The van der Waals surface area contributed by atoms with E-state index in [1.807, 2.05) is 6.07 Å². The summed E-state index contributed by atoms with van der Waals surface area (Å²) < 4.78 is 69.1. The molecule has 0 saturated carbocycles. The number of ether oxygens (including phenoxy) is 1. The molecule has 1 aliphatic rings. The van der Waals surface area contributed by atoms with Crippen LogP contribution in [0.2, 0.25) is 0 Å². The highest BCUT2D eigenvalue weighted by Gasteiger charge is 2.39. The maximum Gasteiger partial charge on any atom is 0.416 e. The number of nitrogens with zero attached hydrogens (tertiary/aromatic N) is 3. The van der Waals surface area contributed by atoms with Crippen LogP contribution in [0, 0.1) is 11.3 Å². The number of sulfonamides is 1. The van der Waals surface area contributed by atoms with E-state index < -0.39 is 27.9 Å². The Morgan fingerprint density at radius 3 is 2.31 bits per heavy atom. The first-order chi connectivity index (χ1) is 12.2. The summed E-state index contributed by atoms with van der Waals surface area (Å²) in [4.78, 5) is 3.72. The molecule has 0 bridgehead atoms. The lowest BCUT2D eigenvalue weighted by molar-refractivity contribution is -0.137. The molecule has 26 heavy (non-hydrogen) atoms. The van der Waals surface area contributed by atoms with E-state index in [-0.39, 0.29) is 23.9 Å². The zero-order valence-corrected chi connectivity index (χ0v) is 14.0. The summed E-state index contributed by atoms with van der Waals surface area (Å²) in [6.07, 6.45) is -3.60. The maximum atomic E-state index is 12.6. The molecule has 1 aromatic heterocycles. The van der Waals surface area contributed by atoms with Crippen molar-refractivity contribution in [3.8, 4) is 11.9 Å². The summed E-state index contributed by atoms with van der Waals surface area (Å²) in [6.45, 7) is 0.121. The standard InChI is InChI=1S/C16H12F3N3O3S/c17-16(18,19)12-2-4-14(5-3-12)26(23,24)22-9-13(10-22)25-15-6-1-11(7-20)8-21-15/h1-6,8,13H,9-10H2. The van der Waals surface area contributed by atoms with Crippen LogP contribution in [0.25, 0.3) is 0 Å². The highest BCUT2D eigenvalue weighted by molar-refractivity contribution is 7.89. The third-order valence-corrected chi connectivity index (χ3v) is 5.63. The van der Waals surface area contributed by atoms with Gasteiger partial charge in [0, 0.05) is 12.3 Å². The number of benzene rings is 1. The number of pyridine rings is 1. The smallest absolute Gasteiger partial charge is 0.416 e. The van der Waals surface area contributed by atoms with Crippen molar-refractivity contribution < 1.29 is 26.3 Å². The largest absolute Gasteiger partial charge is 0.472 e. The molecule has 1 aliphatic heterocycles. The van der Waals surface area contributed by atoms with E-state index in [2.05, 4.69) is 4.98 Å². The predicted octanol–water partition coefficient (Wildman–Crippen LogP) is 2.42. The number of nitriles is 1. The fourth-order valence-corrected chi connectivity index (χ4v) is 3.83. The van der Waals surface area contributed by atoms with E-state index in [0.29, 0.717) is 5.56 Å². The number of aromatic nitrogens is 1. The Morgan fingerprint density at radius 2 is 1.81 bits per heavy atom. The summed E-state index contributed by atoms with van der Waals surface area (Å²) >= 11 is 0. The minimum absolute atomic E-state index is 0.0606. The minimum Gasteiger partial charge on any atom is -0.472 e. The Labute approximate surface area is 147 Å². The number of halogens is 3. The molecule has 0 unspecified atom stereocenters. The Kier molecular flexibility index (Phi) is 4.60. The van der Waals surface area contributed by atoms with Gasteiger partial charge in [0.15, 0.2) is 0 Å². The van der Waals surface area contributed by atoms with E-state index >= 15 is 0 Å². The van der Waals surface area contributed by atoms with Gasteiger partial charge >= 0.3 is 6.18 Å². The molecule has 136 valence electrons. The fourth-order valence-electron chi connectivity index (χ4n) is 2.32. The summed E-state index contributed by atoms with van der Waals surface area (Å²) in [6, 6.07) is 8.30. The molecular formula is C16H12F3N3O3S. The Morgan fingerprint density at radius 1 is 1.15 bits per heavy atom. The van der Waals surface area contributed by atoms with Crippen molar-refractivity contribution >= 4 is 10.0 Å². The van der Waals surface area contributed by atoms with Crippen molar-refractivity contribution in [2.75, 3.05) is 13.1 Å². The van der Waals surface area contributed by atoms with Gasteiger partial charge in [0.2, 0.25) is 15.9 Å². The van der Waals surface area contributed by atoms with Crippen LogP contribution in [0.3, 0.4) is 0 Å². The summed E-state index contributed by atoms with van der Waals surface area (Å²) in [5, 5.41) is 8.70. The molecule has 0 radical (unpaired) electrons. The summed E-state index contributed by atoms with van der Waals surface area (Å²) in [7, 11) is -3.88. The lowest BCUT2D eigenvalue weighted by atomic mass is 10.2. The second-order valence-electron chi connectivity index (χ2n) is 5.58. The van der Waals surface area contributed by atoms with E-state index in [1.54, 1.807) is 0 Å². The first-order valence-electron chi connectivity index (χ1n) is 7.40. The van der Waals surface area contributed by atoms with Gasteiger partial charge in [-0.15, -0.1) is 0 Å². The Bertz CT molecular complexity index is 930. The van der Waals surface area contributed by atoms with Gasteiger partial charge in [0.1, 0.15) is 12.2 Å². The molecule has 0 aliphatic carbocycles. The Hall–Kier alpha value is -2.64. The minimum atomic E-state index is -4.52. The third kappa shape index (κ3) is 3.63. The van der Waals surface area contributed by atoms with Crippen LogP contribution in [0.4, 0.5) is 13.2 Å². The van der Waals surface area contributed by atoms with Gasteiger partial charge in [-0.3, -0.25) is 0 Å². The molecule has 1 aromatic carbocycles. The molecule has 6 nitrogen and oxygen atoms in total. The molecular weight excluding hydrogens is 371 g/mol.